The number of rotatable bonds is 7. The van der Waals surface area contributed by atoms with Crippen molar-refractivity contribution in [1.82, 2.24) is 4.98 Å². The van der Waals surface area contributed by atoms with Gasteiger partial charge in [-0.15, -0.1) is 0 Å². The van der Waals surface area contributed by atoms with Gasteiger partial charge in [0.1, 0.15) is 17.2 Å². The smallest absolute Gasteiger partial charge is 0.262 e. The predicted molar refractivity (Wildman–Crippen MR) is 97.9 cm³/mol. The summed E-state index contributed by atoms with van der Waals surface area (Å²) in [5.41, 5.74) is 0.673. The standard InChI is InChI=1S/C20H18N2O4/c1-24-16-10-8-15(9-11-16)22-19(23)14-25-17-5-4-6-18(13-17)26-20-7-2-3-12-21-20/h2-13H,14H2,1H3,(H,22,23). The molecule has 0 radical (unpaired) electrons. The van der Waals surface area contributed by atoms with E-state index >= 15 is 0 Å². The van der Waals surface area contributed by atoms with Gasteiger partial charge in [-0.25, -0.2) is 4.98 Å². The maximum atomic E-state index is 12.0. The molecule has 26 heavy (non-hydrogen) atoms. The third-order valence-corrected chi connectivity index (χ3v) is 3.41. The summed E-state index contributed by atoms with van der Waals surface area (Å²) in [6, 6.07) is 19.5. The van der Waals surface area contributed by atoms with Crippen molar-refractivity contribution in [3.8, 4) is 23.1 Å². The number of ether oxygens (including phenoxy) is 3. The Morgan fingerprint density at radius 1 is 0.962 bits per heavy atom. The second kappa shape index (κ2) is 8.53. The monoisotopic (exact) mass is 350 g/mol. The number of pyridine rings is 1. The Labute approximate surface area is 151 Å². The van der Waals surface area contributed by atoms with E-state index in [9.17, 15) is 4.79 Å². The zero-order valence-electron chi connectivity index (χ0n) is 14.2. The molecule has 6 heteroatoms. The van der Waals surface area contributed by atoms with Crippen LogP contribution in [0.4, 0.5) is 5.69 Å². The SMILES string of the molecule is COc1ccc(NC(=O)COc2cccc(Oc3ccccn3)c2)cc1. The number of hydrogen-bond donors (Lipinski definition) is 1. The second-order valence-corrected chi connectivity index (χ2v) is 5.31. The zero-order valence-corrected chi connectivity index (χ0v) is 14.2. The molecule has 0 atom stereocenters. The van der Waals surface area contributed by atoms with Crippen LogP contribution in [0.2, 0.25) is 0 Å². The van der Waals surface area contributed by atoms with Crippen molar-refractivity contribution in [3.05, 3.63) is 72.9 Å². The van der Waals surface area contributed by atoms with Gasteiger partial charge in [-0.05, 0) is 42.5 Å². The first kappa shape index (κ1) is 17.3. The molecule has 132 valence electrons. The minimum atomic E-state index is -0.258. The van der Waals surface area contributed by atoms with Gasteiger partial charge in [-0.1, -0.05) is 12.1 Å². The number of carbonyl (C=O) groups excluding carboxylic acids is 1. The van der Waals surface area contributed by atoms with E-state index in [0.717, 1.165) is 5.75 Å². The van der Waals surface area contributed by atoms with E-state index in [1.54, 1.807) is 67.9 Å². The molecule has 0 bridgehead atoms. The number of nitrogens with zero attached hydrogens (tertiary/aromatic N) is 1. The Morgan fingerprint density at radius 3 is 2.50 bits per heavy atom. The van der Waals surface area contributed by atoms with Gasteiger partial charge in [-0.2, -0.15) is 0 Å². The third-order valence-electron chi connectivity index (χ3n) is 3.41. The molecule has 0 aliphatic rings. The molecule has 3 rings (SSSR count). The highest BCUT2D eigenvalue weighted by molar-refractivity contribution is 5.91. The molecule has 0 fully saturated rings. The average Bonchev–Trinajstić information content (AvgIpc) is 2.68. The summed E-state index contributed by atoms with van der Waals surface area (Å²) in [5.74, 6) is 2.07. The van der Waals surface area contributed by atoms with Crippen molar-refractivity contribution in [2.24, 2.45) is 0 Å². The molecule has 1 heterocycles. The molecular weight excluding hydrogens is 332 g/mol. The maximum absolute atomic E-state index is 12.0. The fourth-order valence-electron chi connectivity index (χ4n) is 2.18. The van der Waals surface area contributed by atoms with Crippen LogP contribution in [0.15, 0.2) is 72.9 Å². The van der Waals surface area contributed by atoms with Crippen molar-refractivity contribution in [2.75, 3.05) is 19.0 Å². The zero-order chi connectivity index (χ0) is 18.2. The van der Waals surface area contributed by atoms with Crippen molar-refractivity contribution >= 4 is 11.6 Å². The summed E-state index contributed by atoms with van der Waals surface area (Å²) >= 11 is 0. The molecule has 0 aliphatic carbocycles. The Kier molecular flexibility index (Phi) is 5.67. The summed E-state index contributed by atoms with van der Waals surface area (Å²) < 4.78 is 16.2. The van der Waals surface area contributed by atoms with Gasteiger partial charge in [0.25, 0.3) is 5.91 Å². The highest BCUT2D eigenvalue weighted by Gasteiger charge is 2.06. The first-order chi connectivity index (χ1) is 12.7. The Balaban J connectivity index is 1.53. The van der Waals surface area contributed by atoms with Crippen LogP contribution in [0.1, 0.15) is 0 Å². The maximum Gasteiger partial charge on any atom is 0.262 e. The van der Waals surface area contributed by atoms with Crippen LogP contribution in [-0.2, 0) is 4.79 Å². The van der Waals surface area contributed by atoms with Gasteiger partial charge in [0, 0.05) is 24.0 Å². The molecule has 0 unspecified atom stereocenters. The van der Waals surface area contributed by atoms with Crippen LogP contribution in [0.5, 0.6) is 23.1 Å². The average molecular weight is 350 g/mol. The van der Waals surface area contributed by atoms with Crippen molar-refractivity contribution in [3.63, 3.8) is 0 Å². The summed E-state index contributed by atoms with van der Waals surface area (Å²) in [5, 5.41) is 2.76. The molecule has 0 saturated carbocycles. The van der Waals surface area contributed by atoms with E-state index in [2.05, 4.69) is 10.3 Å². The number of aromatic nitrogens is 1. The minimum Gasteiger partial charge on any atom is -0.497 e. The van der Waals surface area contributed by atoms with E-state index in [4.69, 9.17) is 14.2 Å². The van der Waals surface area contributed by atoms with Gasteiger partial charge in [0.2, 0.25) is 5.88 Å². The fraction of sp³-hybridized carbons (Fsp3) is 0.100. The first-order valence-electron chi connectivity index (χ1n) is 7.98. The molecule has 0 spiro atoms. The Hall–Kier alpha value is -3.54. The number of nitrogens with one attached hydrogen (secondary N) is 1. The molecule has 1 amide bonds. The lowest BCUT2D eigenvalue weighted by Crippen LogP contribution is -2.20. The van der Waals surface area contributed by atoms with E-state index in [0.29, 0.717) is 23.1 Å². The first-order valence-corrected chi connectivity index (χ1v) is 7.98. The van der Waals surface area contributed by atoms with Crippen LogP contribution in [0.25, 0.3) is 0 Å². The fourth-order valence-corrected chi connectivity index (χ4v) is 2.18. The number of anilines is 1. The second-order valence-electron chi connectivity index (χ2n) is 5.31. The molecule has 1 aromatic heterocycles. The number of amides is 1. The summed E-state index contributed by atoms with van der Waals surface area (Å²) in [7, 11) is 1.59. The van der Waals surface area contributed by atoms with Crippen molar-refractivity contribution < 1.29 is 19.0 Å². The number of benzene rings is 2. The molecular formula is C20H18N2O4. The van der Waals surface area contributed by atoms with Crippen LogP contribution in [0.3, 0.4) is 0 Å². The van der Waals surface area contributed by atoms with Gasteiger partial charge in [0.15, 0.2) is 6.61 Å². The van der Waals surface area contributed by atoms with E-state index < -0.39 is 0 Å². The topological polar surface area (TPSA) is 69.7 Å². The van der Waals surface area contributed by atoms with E-state index in [1.165, 1.54) is 0 Å². The van der Waals surface area contributed by atoms with E-state index in [-0.39, 0.29) is 12.5 Å². The lowest BCUT2D eigenvalue weighted by atomic mass is 10.3. The number of hydrogen-bond acceptors (Lipinski definition) is 5. The molecule has 3 aromatic rings. The highest BCUT2D eigenvalue weighted by Crippen LogP contribution is 2.23. The minimum absolute atomic E-state index is 0.112. The largest absolute Gasteiger partial charge is 0.497 e. The van der Waals surface area contributed by atoms with Crippen LogP contribution < -0.4 is 19.5 Å². The Bertz CT molecular complexity index is 851. The summed E-state index contributed by atoms with van der Waals surface area (Å²) in [6.07, 6.45) is 1.65. The lowest BCUT2D eigenvalue weighted by molar-refractivity contribution is -0.118. The number of methoxy groups -OCH3 is 1. The third kappa shape index (κ3) is 4.98. The normalized spacial score (nSPS) is 10.0. The molecule has 1 N–H and O–H groups in total. The number of carbonyl (C=O) groups is 1. The highest BCUT2D eigenvalue weighted by atomic mass is 16.5. The van der Waals surface area contributed by atoms with Gasteiger partial charge >= 0.3 is 0 Å². The van der Waals surface area contributed by atoms with Crippen LogP contribution >= 0.6 is 0 Å². The van der Waals surface area contributed by atoms with Crippen molar-refractivity contribution in [2.45, 2.75) is 0 Å². The molecule has 2 aromatic carbocycles. The van der Waals surface area contributed by atoms with Gasteiger partial charge in [-0.3, -0.25) is 4.79 Å². The molecule has 0 aliphatic heterocycles. The quantitative estimate of drug-likeness (QED) is 0.700. The molecule has 6 nitrogen and oxygen atoms in total. The van der Waals surface area contributed by atoms with Crippen LogP contribution in [0, 0.1) is 0 Å². The Morgan fingerprint density at radius 2 is 1.77 bits per heavy atom. The van der Waals surface area contributed by atoms with Gasteiger partial charge in [0.05, 0.1) is 7.11 Å². The lowest BCUT2D eigenvalue weighted by Gasteiger charge is -2.09. The summed E-state index contributed by atoms with van der Waals surface area (Å²) in [6.45, 7) is -0.112. The van der Waals surface area contributed by atoms with E-state index in [1.807, 2.05) is 12.1 Å². The van der Waals surface area contributed by atoms with Gasteiger partial charge < -0.3 is 19.5 Å². The molecule has 0 saturated heterocycles. The predicted octanol–water partition coefficient (Wildman–Crippen LogP) is 3.90. The summed E-state index contributed by atoms with van der Waals surface area (Å²) in [4.78, 5) is 16.1. The van der Waals surface area contributed by atoms with Crippen LogP contribution in [-0.4, -0.2) is 24.6 Å². The van der Waals surface area contributed by atoms with Crippen molar-refractivity contribution in [1.29, 1.82) is 0 Å².